The van der Waals surface area contributed by atoms with Gasteiger partial charge in [0.25, 0.3) is 5.91 Å². The van der Waals surface area contributed by atoms with Crippen molar-refractivity contribution in [3.8, 4) is 5.75 Å². The molecule has 3 rings (SSSR count). The van der Waals surface area contributed by atoms with Crippen LogP contribution < -0.4 is 10.1 Å². The van der Waals surface area contributed by atoms with Crippen LogP contribution in [0.15, 0.2) is 47.4 Å². The van der Waals surface area contributed by atoms with E-state index < -0.39 is 10.0 Å². The first-order chi connectivity index (χ1) is 15.2. The Hall–Kier alpha value is -2.42. The molecule has 1 saturated heterocycles. The topological polar surface area (TPSA) is 79.0 Å². The van der Waals surface area contributed by atoms with Crippen molar-refractivity contribution in [3.63, 3.8) is 0 Å². The summed E-state index contributed by atoms with van der Waals surface area (Å²) in [5.74, 6) is -0.124. The van der Waals surface area contributed by atoms with Crippen molar-refractivity contribution < 1.29 is 17.9 Å². The zero-order chi connectivity index (χ0) is 23.3. The zero-order valence-electron chi connectivity index (χ0n) is 19.3. The monoisotopic (exact) mass is 459 g/mol. The standard InChI is InChI=1S/C24H33N3O4S/c1-18-7-5-6-15-27(18)32(29,30)23-17-20(10-13-22(23)31-4)24(28)25-21-11-8-19(9-12-21)14-16-26(2)3/h8-13,17-18H,5-7,14-16H2,1-4H3,(H,25,28). The molecule has 1 aliphatic heterocycles. The van der Waals surface area contributed by atoms with Gasteiger partial charge in [0, 0.05) is 30.4 Å². The number of amides is 1. The fourth-order valence-electron chi connectivity index (χ4n) is 3.89. The molecule has 0 bridgehead atoms. The molecule has 1 atom stereocenters. The van der Waals surface area contributed by atoms with Gasteiger partial charge in [0.05, 0.1) is 7.11 Å². The Bertz CT molecular complexity index is 1040. The number of sulfonamides is 1. The maximum absolute atomic E-state index is 13.4. The molecule has 1 heterocycles. The van der Waals surface area contributed by atoms with Crippen molar-refractivity contribution in [2.75, 3.05) is 39.6 Å². The summed E-state index contributed by atoms with van der Waals surface area (Å²) in [6.07, 6.45) is 3.60. The van der Waals surface area contributed by atoms with Crippen LogP contribution >= 0.6 is 0 Å². The van der Waals surface area contributed by atoms with Crippen molar-refractivity contribution in [1.82, 2.24) is 9.21 Å². The summed E-state index contributed by atoms with van der Waals surface area (Å²) in [6, 6.07) is 12.2. The lowest BCUT2D eigenvalue weighted by Gasteiger charge is -2.32. The van der Waals surface area contributed by atoms with Gasteiger partial charge in [-0.15, -0.1) is 0 Å². The molecule has 0 radical (unpaired) electrons. The van der Waals surface area contributed by atoms with E-state index in [4.69, 9.17) is 4.74 Å². The van der Waals surface area contributed by atoms with E-state index in [1.54, 1.807) is 12.1 Å². The van der Waals surface area contributed by atoms with Crippen molar-refractivity contribution >= 4 is 21.6 Å². The molecule has 174 valence electrons. The number of anilines is 1. The lowest BCUT2D eigenvalue weighted by Crippen LogP contribution is -2.42. The van der Waals surface area contributed by atoms with E-state index in [1.165, 1.54) is 23.0 Å². The van der Waals surface area contributed by atoms with Crippen molar-refractivity contribution in [2.24, 2.45) is 0 Å². The van der Waals surface area contributed by atoms with Crippen LogP contribution in [0, 0.1) is 0 Å². The molecule has 2 aromatic rings. The molecule has 1 unspecified atom stereocenters. The van der Waals surface area contributed by atoms with Crippen molar-refractivity contribution in [3.05, 3.63) is 53.6 Å². The third-order valence-electron chi connectivity index (χ3n) is 5.81. The first kappa shape index (κ1) is 24.2. The average Bonchev–Trinajstić information content (AvgIpc) is 2.78. The number of nitrogens with zero attached hydrogens (tertiary/aromatic N) is 2. The third-order valence-corrected chi connectivity index (χ3v) is 7.85. The second-order valence-corrected chi connectivity index (χ2v) is 10.4. The molecule has 7 nitrogen and oxygen atoms in total. The molecule has 0 aliphatic carbocycles. The first-order valence-corrected chi connectivity index (χ1v) is 12.4. The predicted octanol–water partition coefficient (Wildman–Crippen LogP) is 3.61. The Labute approximate surface area is 191 Å². The molecular weight excluding hydrogens is 426 g/mol. The fraction of sp³-hybridized carbons (Fsp3) is 0.458. The smallest absolute Gasteiger partial charge is 0.255 e. The Balaban J connectivity index is 1.80. The number of ether oxygens (including phenoxy) is 1. The second kappa shape index (κ2) is 10.5. The van der Waals surface area contributed by atoms with Gasteiger partial charge in [0.15, 0.2) is 0 Å². The molecule has 0 aromatic heterocycles. The van der Waals surface area contributed by atoms with E-state index in [-0.39, 0.29) is 28.2 Å². The number of carbonyl (C=O) groups is 1. The van der Waals surface area contributed by atoms with Gasteiger partial charge in [-0.3, -0.25) is 4.79 Å². The summed E-state index contributed by atoms with van der Waals surface area (Å²) in [5.41, 5.74) is 2.12. The fourth-order valence-corrected chi connectivity index (χ4v) is 5.77. The highest BCUT2D eigenvalue weighted by Gasteiger charge is 2.33. The molecule has 2 aromatic carbocycles. The highest BCUT2D eigenvalue weighted by Crippen LogP contribution is 2.32. The Morgan fingerprint density at radius 2 is 1.88 bits per heavy atom. The molecule has 0 saturated carbocycles. The summed E-state index contributed by atoms with van der Waals surface area (Å²) in [7, 11) is 1.72. The van der Waals surface area contributed by atoms with Crippen LogP contribution in [0.2, 0.25) is 0 Å². The van der Waals surface area contributed by atoms with Gasteiger partial charge < -0.3 is 15.0 Å². The van der Waals surface area contributed by atoms with E-state index in [0.717, 1.165) is 32.2 Å². The summed E-state index contributed by atoms with van der Waals surface area (Å²) in [5, 5.41) is 2.86. The number of hydrogen-bond donors (Lipinski definition) is 1. The second-order valence-electron chi connectivity index (χ2n) is 8.53. The van der Waals surface area contributed by atoms with Gasteiger partial charge in [-0.25, -0.2) is 8.42 Å². The number of benzene rings is 2. The SMILES string of the molecule is COc1ccc(C(=O)Nc2ccc(CCN(C)C)cc2)cc1S(=O)(=O)N1CCCCC1C. The van der Waals surface area contributed by atoms with Crippen LogP contribution in [0.25, 0.3) is 0 Å². The van der Waals surface area contributed by atoms with Crippen LogP contribution in [0.4, 0.5) is 5.69 Å². The number of methoxy groups -OCH3 is 1. The Morgan fingerprint density at radius 3 is 2.50 bits per heavy atom. The molecule has 32 heavy (non-hydrogen) atoms. The number of likely N-dealkylation sites (N-methyl/N-ethyl adjacent to an activating group) is 1. The van der Waals surface area contributed by atoms with E-state index >= 15 is 0 Å². The molecule has 0 spiro atoms. The van der Waals surface area contributed by atoms with Crippen LogP contribution in [-0.4, -0.2) is 63.9 Å². The first-order valence-electron chi connectivity index (χ1n) is 11.0. The maximum atomic E-state index is 13.4. The maximum Gasteiger partial charge on any atom is 0.255 e. The predicted molar refractivity (Wildman–Crippen MR) is 127 cm³/mol. The van der Waals surface area contributed by atoms with E-state index in [2.05, 4.69) is 10.2 Å². The van der Waals surface area contributed by atoms with E-state index in [9.17, 15) is 13.2 Å². The lowest BCUT2D eigenvalue weighted by molar-refractivity contribution is 0.102. The number of hydrogen-bond acceptors (Lipinski definition) is 5. The molecule has 1 amide bonds. The summed E-state index contributed by atoms with van der Waals surface area (Å²) in [4.78, 5) is 15.0. The number of rotatable bonds is 8. The molecule has 8 heteroatoms. The minimum absolute atomic E-state index is 0.0282. The van der Waals surface area contributed by atoms with Crippen molar-refractivity contribution in [1.29, 1.82) is 0 Å². The van der Waals surface area contributed by atoms with Crippen LogP contribution in [0.5, 0.6) is 5.75 Å². The minimum atomic E-state index is -3.78. The Kier molecular flexibility index (Phi) is 7.92. The lowest BCUT2D eigenvalue weighted by atomic mass is 10.1. The summed E-state index contributed by atoms with van der Waals surface area (Å²) < 4.78 is 33.6. The molecule has 1 aliphatic rings. The highest BCUT2D eigenvalue weighted by atomic mass is 32.2. The number of piperidine rings is 1. The highest BCUT2D eigenvalue weighted by molar-refractivity contribution is 7.89. The van der Waals surface area contributed by atoms with Gasteiger partial charge in [-0.05, 0) is 76.2 Å². The summed E-state index contributed by atoms with van der Waals surface area (Å²) >= 11 is 0. The van der Waals surface area contributed by atoms with Gasteiger partial charge in [-0.2, -0.15) is 4.31 Å². The molecule has 1 fully saturated rings. The quantitative estimate of drug-likeness (QED) is 0.652. The largest absolute Gasteiger partial charge is 0.495 e. The molecule has 1 N–H and O–H groups in total. The van der Waals surface area contributed by atoms with Gasteiger partial charge >= 0.3 is 0 Å². The van der Waals surface area contributed by atoms with Crippen molar-refractivity contribution in [2.45, 2.75) is 43.5 Å². The van der Waals surface area contributed by atoms with Gasteiger partial charge in [0.2, 0.25) is 10.0 Å². The summed E-state index contributed by atoms with van der Waals surface area (Å²) in [6.45, 7) is 3.34. The van der Waals surface area contributed by atoms with Crippen LogP contribution in [-0.2, 0) is 16.4 Å². The zero-order valence-corrected chi connectivity index (χ0v) is 20.1. The van der Waals surface area contributed by atoms with E-state index in [0.29, 0.717) is 12.2 Å². The number of nitrogens with one attached hydrogen (secondary N) is 1. The van der Waals surface area contributed by atoms with E-state index in [1.807, 2.05) is 45.3 Å². The van der Waals surface area contributed by atoms with Gasteiger partial charge in [0.1, 0.15) is 10.6 Å². The minimum Gasteiger partial charge on any atom is -0.495 e. The number of carbonyl (C=O) groups excluding carboxylic acids is 1. The third kappa shape index (κ3) is 5.68. The normalized spacial score (nSPS) is 17.3. The Morgan fingerprint density at radius 1 is 1.16 bits per heavy atom. The van der Waals surface area contributed by atoms with Gasteiger partial charge in [-0.1, -0.05) is 18.6 Å². The van der Waals surface area contributed by atoms with Crippen LogP contribution in [0.1, 0.15) is 42.1 Å². The van der Waals surface area contributed by atoms with Crippen LogP contribution in [0.3, 0.4) is 0 Å². The molecular formula is C24H33N3O4S. The average molecular weight is 460 g/mol.